The van der Waals surface area contributed by atoms with Crippen molar-refractivity contribution in [2.75, 3.05) is 13.1 Å². The first-order chi connectivity index (χ1) is 14.9. The maximum atomic E-state index is 12.6. The highest BCUT2D eigenvalue weighted by molar-refractivity contribution is 5.97. The minimum atomic E-state index is -0.928. The molecule has 1 aliphatic rings. The number of aliphatic hydroxyl groups excluding tert-OH is 1. The number of ketones is 1. The van der Waals surface area contributed by atoms with Gasteiger partial charge in [-0.3, -0.25) is 14.7 Å². The van der Waals surface area contributed by atoms with Gasteiger partial charge in [-0.1, -0.05) is 13.0 Å². The second kappa shape index (κ2) is 8.47. The van der Waals surface area contributed by atoms with Gasteiger partial charge < -0.3 is 15.0 Å². The smallest absolute Gasteiger partial charge is 0.251 e. The number of rotatable bonds is 6. The molecule has 3 aromatic heterocycles. The third kappa shape index (κ3) is 4.16. The number of aryl methyl sites for hydroxylation is 1. The van der Waals surface area contributed by atoms with E-state index in [9.17, 15) is 14.7 Å². The molecule has 1 unspecified atom stereocenters. The van der Waals surface area contributed by atoms with E-state index < -0.39 is 6.10 Å². The maximum absolute atomic E-state index is 12.6. The van der Waals surface area contributed by atoms with Gasteiger partial charge in [0, 0.05) is 48.0 Å². The molecule has 0 spiro atoms. The van der Waals surface area contributed by atoms with E-state index in [1.165, 1.54) is 0 Å². The summed E-state index contributed by atoms with van der Waals surface area (Å²) in [4.78, 5) is 34.3. The Bertz CT molecular complexity index is 1170. The summed E-state index contributed by atoms with van der Waals surface area (Å²) in [5.41, 5.74) is 5.95. The molecule has 0 radical (unpaired) electrons. The van der Waals surface area contributed by atoms with Gasteiger partial charge in [0.05, 0.1) is 0 Å². The van der Waals surface area contributed by atoms with Gasteiger partial charge in [0.2, 0.25) is 0 Å². The van der Waals surface area contributed by atoms with Gasteiger partial charge in [-0.25, -0.2) is 4.98 Å². The van der Waals surface area contributed by atoms with Crippen molar-refractivity contribution >= 4 is 28.3 Å². The van der Waals surface area contributed by atoms with Crippen LogP contribution in [0.25, 0.3) is 16.6 Å². The highest BCUT2D eigenvalue weighted by Gasteiger charge is 2.23. The van der Waals surface area contributed by atoms with Crippen LogP contribution < -0.4 is 0 Å². The second-order valence-electron chi connectivity index (χ2n) is 8.07. The summed E-state index contributed by atoms with van der Waals surface area (Å²) in [6.07, 6.45) is 4.18. The number of Topliss-reactive ketones (excluding diaryl/α,β-unsaturated/α-hetero) is 1. The molecule has 8 nitrogen and oxygen atoms in total. The molecule has 4 heterocycles. The lowest BCUT2D eigenvalue weighted by Gasteiger charge is -2.27. The number of pyridine rings is 1. The van der Waals surface area contributed by atoms with E-state index in [4.69, 9.17) is 0 Å². The monoisotopic (exact) mass is 421 g/mol. The van der Waals surface area contributed by atoms with E-state index in [0.29, 0.717) is 31.6 Å². The number of amides is 1. The molecule has 0 fully saturated rings. The molecule has 1 atom stereocenters. The normalized spacial score (nSPS) is 15.2. The van der Waals surface area contributed by atoms with Gasteiger partial charge in [-0.15, -0.1) is 0 Å². The van der Waals surface area contributed by atoms with Gasteiger partial charge in [0.15, 0.2) is 5.78 Å². The minimum absolute atomic E-state index is 0.0345. The predicted octanol–water partition coefficient (Wildman–Crippen LogP) is 2.71. The van der Waals surface area contributed by atoms with Crippen LogP contribution in [0.2, 0.25) is 0 Å². The van der Waals surface area contributed by atoms with Crippen LogP contribution in [-0.2, 0) is 11.2 Å². The van der Waals surface area contributed by atoms with E-state index in [0.717, 1.165) is 39.1 Å². The topological polar surface area (TPSA) is 115 Å². The standard InChI is InChI=1S/C23H27N5O3/c1-4-19(29)23(31)28-7-5-16(6-8-28)18-11-17-9-15(12-24-22(17)25-18)10-20(30)21-13(2)14(3)26-27-21/h5,9,11-12,19,29H,4,6-8,10H2,1-3H3,(H,24,25)(H,26,27). The van der Waals surface area contributed by atoms with Crippen LogP contribution in [0, 0.1) is 13.8 Å². The number of aromatic amines is 2. The number of nitrogens with zero attached hydrogens (tertiary/aromatic N) is 3. The average molecular weight is 422 g/mol. The second-order valence-corrected chi connectivity index (χ2v) is 8.07. The minimum Gasteiger partial charge on any atom is -0.383 e. The van der Waals surface area contributed by atoms with Gasteiger partial charge in [0.1, 0.15) is 17.4 Å². The highest BCUT2D eigenvalue weighted by atomic mass is 16.3. The molecule has 162 valence electrons. The number of aliphatic hydroxyl groups is 1. The summed E-state index contributed by atoms with van der Waals surface area (Å²) in [7, 11) is 0. The van der Waals surface area contributed by atoms with Gasteiger partial charge in [0.25, 0.3) is 5.91 Å². The van der Waals surface area contributed by atoms with E-state index in [1.807, 2.05) is 32.1 Å². The van der Waals surface area contributed by atoms with Gasteiger partial charge in [-0.2, -0.15) is 5.10 Å². The zero-order valence-corrected chi connectivity index (χ0v) is 18.0. The molecule has 3 N–H and O–H groups in total. The molecule has 31 heavy (non-hydrogen) atoms. The Labute approximate surface area is 180 Å². The molecule has 0 aliphatic carbocycles. The Morgan fingerprint density at radius 3 is 2.74 bits per heavy atom. The third-order valence-corrected chi connectivity index (χ3v) is 5.95. The molecule has 0 aromatic carbocycles. The van der Waals surface area contributed by atoms with Crippen LogP contribution in [0.1, 0.15) is 52.8 Å². The summed E-state index contributed by atoms with van der Waals surface area (Å²) < 4.78 is 0. The van der Waals surface area contributed by atoms with E-state index >= 15 is 0 Å². The molecule has 1 aliphatic heterocycles. The van der Waals surface area contributed by atoms with Crippen molar-refractivity contribution in [3.8, 4) is 0 Å². The fourth-order valence-corrected chi connectivity index (χ4v) is 3.86. The van der Waals surface area contributed by atoms with E-state index in [-0.39, 0.29) is 18.1 Å². The Morgan fingerprint density at radius 1 is 1.29 bits per heavy atom. The van der Waals surface area contributed by atoms with Crippen LogP contribution in [-0.4, -0.2) is 61.1 Å². The van der Waals surface area contributed by atoms with Crippen molar-refractivity contribution < 1.29 is 14.7 Å². The number of H-pyrrole nitrogens is 2. The number of carbonyl (C=O) groups is 2. The molecular formula is C23H27N5O3. The van der Waals surface area contributed by atoms with Crippen LogP contribution in [0.3, 0.4) is 0 Å². The van der Waals surface area contributed by atoms with Crippen molar-refractivity contribution in [1.82, 2.24) is 25.1 Å². The van der Waals surface area contributed by atoms with Crippen molar-refractivity contribution in [3.63, 3.8) is 0 Å². The lowest BCUT2D eigenvalue weighted by atomic mass is 10.0. The fourth-order valence-electron chi connectivity index (χ4n) is 3.86. The average Bonchev–Trinajstić information content (AvgIpc) is 3.35. The zero-order valence-electron chi connectivity index (χ0n) is 18.0. The zero-order chi connectivity index (χ0) is 22.1. The summed E-state index contributed by atoms with van der Waals surface area (Å²) in [6.45, 7) is 6.64. The van der Waals surface area contributed by atoms with Crippen LogP contribution in [0.4, 0.5) is 0 Å². The lowest BCUT2D eigenvalue weighted by molar-refractivity contribution is -0.139. The van der Waals surface area contributed by atoms with Crippen LogP contribution in [0.15, 0.2) is 24.4 Å². The molecular weight excluding hydrogens is 394 g/mol. The fraction of sp³-hybridized carbons (Fsp3) is 0.391. The molecule has 0 bridgehead atoms. The maximum Gasteiger partial charge on any atom is 0.251 e. The predicted molar refractivity (Wildman–Crippen MR) is 118 cm³/mol. The first-order valence-electron chi connectivity index (χ1n) is 10.6. The molecule has 4 rings (SSSR count). The summed E-state index contributed by atoms with van der Waals surface area (Å²) in [6, 6.07) is 4.01. The lowest BCUT2D eigenvalue weighted by Crippen LogP contribution is -2.41. The van der Waals surface area contributed by atoms with E-state index in [2.05, 4.69) is 20.2 Å². The SMILES string of the molecule is CCC(O)C(=O)N1CC=C(c2cc3cc(CC(=O)c4n[nH]c(C)c4C)cnc3[nH]2)CC1. The van der Waals surface area contributed by atoms with Crippen LogP contribution >= 0.6 is 0 Å². The summed E-state index contributed by atoms with van der Waals surface area (Å²) in [5.74, 6) is -0.250. The van der Waals surface area contributed by atoms with Crippen molar-refractivity contribution in [3.05, 3.63) is 52.6 Å². The highest BCUT2D eigenvalue weighted by Crippen LogP contribution is 2.26. The Balaban J connectivity index is 1.49. The Morgan fingerprint density at radius 2 is 2.10 bits per heavy atom. The number of carbonyl (C=O) groups excluding carboxylic acids is 2. The van der Waals surface area contributed by atoms with E-state index in [1.54, 1.807) is 18.0 Å². The van der Waals surface area contributed by atoms with Gasteiger partial charge in [-0.05, 0) is 50.0 Å². The quantitative estimate of drug-likeness (QED) is 0.530. The Kier molecular flexibility index (Phi) is 5.73. The first-order valence-corrected chi connectivity index (χ1v) is 10.6. The molecule has 3 aromatic rings. The summed E-state index contributed by atoms with van der Waals surface area (Å²) in [5, 5.41) is 17.7. The molecule has 0 saturated carbocycles. The van der Waals surface area contributed by atoms with Gasteiger partial charge >= 0.3 is 0 Å². The number of hydrogen-bond acceptors (Lipinski definition) is 5. The number of nitrogens with one attached hydrogen (secondary N) is 2. The molecule has 0 saturated heterocycles. The van der Waals surface area contributed by atoms with Crippen molar-refractivity contribution in [2.45, 2.75) is 46.1 Å². The van der Waals surface area contributed by atoms with Crippen molar-refractivity contribution in [1.29, 1.82) is 0 Å². The number of hydrogen-bond donors (Lipinski definition) is 3. The van der Waals surface area contributed by atoms with Crippen LogP contribution in [0.5, 0.6) is 0 Å². The molecule has 8 heteroatoms. The molecule has 1 amide bonds. The number of aromatic nitrogens is 4. The number of fused-ring (bicyclic) bond motifs is 1. The largest absolute Gasteiger partial charge is 0.383 e. The first kappa shape index (κ1) is 21.0. The Hall–Kier alpha value is -3.26. The third-order valence-electron chi connectivity index (χ3n) is 5.95. The summed E-state index contributed by atoms with van der Waals surface area (Å²) >= 11 is 0. The van der Waals surface area contributed by atoms with Crippen molar-refractivity contribution in [2.24, 2.45) is 0 Å².